The van der Waals surface area contributed by atoms with Crippen molar-refractivity contribution in [1.82, 2.24) is 0 Å². The molecule has 1 aromatic rings. The molecule has 1 aliphatic rings. The lowest BCUT2D eigenvalue weighted by Crippen LogP contribution is -2.29. The van der Waals surface area contributed by atoms with Gasteiger partial charge >= 0.3 is 0 Å². The molecule has 1 aromatic carbocycles. The smallest absolute Gasteiger partial charge is 0.224 e. The molecule has 1 N–H and O–H groups in total. The van der Waals surface area contributed by atoms with Crippen LogP contribution in [0.15, 0.2) is 18.2 Å². The largest absolute Gasteiger partial charge is 0.370 e. The highest BCUT2D eigenvalue weighted by Gasteiger charge is 2.14. The summed E-state index contributed by atoms with van der Waals surface area (Å²) in [5.74, 6) is 0.0814. The number of halogens is 1. The molecule has 0 unspecified atom stereocenters. The van der Waals surface area contributed by atoms with Crippen LogP contribution in [0.3, 0.4) is 0 Å². The molecular formula is C18H27ClN2O. The number of rotatable bonds is 7. The van der Waals surface area contributed by atoms with Gasteiger partial charge in [0.2, 0.25) is 5.91 Å². The first-order chi connectivity index (χ1) is 10.7. The van der Waals surface area contributed by atoms with Gasteiger partial charge in [0.1, 0.15) is 0 Å². The molecule has 0 radical (unpaired) electrons. The quantitative estimate of drug-likeness (QED) is 0.696. The number of nitrogens with zero attached hydrogens (tertiary/aromatic N) is 1. The minimum absolute atomic E-state index is 0.0814. The molecule has 22 heavy (non-hydrogen) atoms. The van der Waals surface area contributed by atoms with Crippen molar-refractivity contribution in [2.45, 2.75) is 58.3 Å². The van der Waals surface area contributed by atoms with Crippen LogP contribution in [-0.2, 0) is 4.79 Å². The predicted octanol–water partition coefficient (Wildman–Crippen LogP) is 5.24. The second kappa shape index (κ2) is 9.04. The minimum atomic E-state index is 0.0814. The number of benzene rings is 1. The number of carbonyl (C=O) groups excluding carboxylic acids is 1. The van der Waals surface area contributed by atoms with Crippen LogP contribution in [0.25, 0.3) is 0 Å². The lowest BCUT2D eigenvalue weighted by atomic mass is 10.1. The molecule has 1 heterocycles. The molecule has 3 nitrogen and oxygen atoms in total. The van der Waals surface area contributed by atoms with Gasteiger partial charge in [0.25, 0.3) is 0 Å². The molecule has 1 aliphatic heterocycles. The van der Waals surface area contributed by atoms with Crippen molar-refractivity contribution in [1.29, 1.82) is 0 Å². The Bertz CT molecular complexity index is 484. The maximum absolute atomic E-state index is 11.9. The number of hydrogen-bond donors (Lipinski definition) is 1. The number of piperidine rings is 1. The van der Waals surface area contributed by atoms with Gasteiger partial charge in [0.05, 0.1) is 10.7 Å². The SMILES string of the molecule is CCCCCCC(=O)Nc1ccc(N2CCCCC2)c(Cl)c1. The second-order valence-electron chi connectivity index (χ2n) is 6.07. The van der Waals surface area contributed by atoms with Crippen LogP contribution in [-0.4, -0.2) is 19.0 Å². The van der Waals surface area contributed by atoms with Crippen LogP contribution >= 0.6 is 11.6 Å². The van der Waals surface area contributed by atoms with Crippen molar-refractivity contribution >= 4 is 28.9 Å². The summed E-state index contributed by atoms with van der Waals surface area (Å²) in [7, 11) is 0. The first kappa shape index (κ1) is 17.1. The molecule has 0 atom stereocenters. The Morgan fingerprint density at radius 1 is 1.18 bits per heavy atom. The molecule has 122 valence electrons. The average Bonchev–Trinajstić information content (AvgIpc) is 2.52. The van der Waals surface area contributed by atoms with Crippen molar-refractivity contribution in [3.05, 3.63) is 23.2 Å². The van der Waals surface area contributed by atoms with Gasteiger partial charge in [-0.25, -0.2) is 0 Å². The third-order valence-corrected chi connectivity index (χ3v) is 4.49. The number of anilines is 2. The fourth-order valence-electron chi connectivity index (χ4n) is 2.91. The van der Waals surface area contributed by atoms with E-state index < -0.39 is 0 Å². The fraction of sp³-hybridized carbons (Fsp3) is 0.611. The summed E-state index contributed by atoms with van der Waals surface area (Å²) in [5.41, 5.74) is 1.88. The fourth-order valence-corrected chi connectivity index (χ4v) is 3.21. The number of amides is 1. The van der Waals surface area contributed by atoms with Gasteiger partial charge < -0.3 is 10.2 Å². The molecule has 0 aromatic heterocycles. The maximum Gasteiger partial charge on any atom is 0.224 e. The van der Waals surface area contributed by atoms with Crippen LogP contribution in [0.2, 0.25) is 5.02 Å². The summed E-state index contributed by atoms with van der Waals surface area (Å²) in [4.78, 5) is 14.2. The van der Waals surface area contributed by atoms with Gasteiger partial charge in [-0.15, -0.1) is 0 Å². The molecule has 0 saturated carbocycles. The van der Waals surface area contributed by atoms with E-state index in [1.165, 1.54) is 32.1 Å². The van der Waals surface area contributed by atoms with Gasteiger partial charge in [0, 0.05) is 25.2 Å². The van der Waals surface area contributed by atoms with Crippen LogP contribution in [0, 0.1) is 0 Å². The number of carbonyl (C=O) groups is 1. The van der Waals surface area contributed by atoms with Crippen molar-refractivity contribution < 1.29 is 4.79 Å². The van der Waals surface area contributed by atoms with Gasteiger partial charge in [0.15, 0.2) is 0 Å². The second-order valence-corrected chi connectivity index (χ2v) is 6.48. The van der Waals surface area contributed by atoms with Crippen LogP contribution < -0.4 is 10.2 Å². The summed E-state index contributed by atoms with van der Waals surface area (Å²) in [6.07, 6.45) is 8.82. The van der Waals surface area contributed by atoms with Crippen molar-refractivity contribution in [3.63, 3.8) is 0 Å². The number of hydrogen-bond acceptors (Lipinski definition) is 2. The Balaban J connectivity index is 1.87. The molecule has 1 fully saturated rings. The molecule has 0 aliphatic carbocycles. The normalized spacial score (nSPS) is 14.9. The molecule has 4 heteroatoms. The number of unbranched alkanes of at least 4 members (excludes halogenated alkanes) is 3. The van der Waals surface area contributed by atoms with E-state index in [1.54, 1.807) is 0 Å². The Labute approximate surface area is 139 Å². The van der Waals surface area contributed by atoms with E-state index in [1.807, 2.05) is 18.2 Å². The van der Waals surface area contributed by atoms with Crippen molar-refractivity contribution in [2.75, 3.05) is 23.3 Å². The Morgan fingerprint density at radius 3 is 2.64 bits per heavy atom. The maximum atomic E-state index is 11.9. The highest BCUT2D eigenvalue weighted by Crippen LogP contribution is 2.30. The van der Waals surface area contributed by atoms with Crippen LogP contribution in [0.5, 0.6) is 0 Å². The highest BCUT2D eigenvalue weighted by atomic mass is 35.5. The number of nitrogens with one attached hydrogen (secondary N) is 1. The summed E-state index contributed by atoms with van der Waals surface area (Å²) in [5, 5.41) is 3.68. The summed E-state index contributed by atoms with van der Waals surface area (Å²) < 4.78 is 0. The average molecular weight is 323 g/mol. The molecule has 0 bridgehead atoms. The van der Waals surface area contributed by atoms with E-state index in [0.29, 0.717) is 6.42 Å². The summed E-state index contributed by atoms with van der Waals surface area (Å²) >= 11 is 6.40. The molecule has 2 rings (SSSR count). The lowest BCUT2D eigenvalue weighted by molar-refractivity contribution is -0.116. The molecule has 0 spiro atoms. The van der Waals surface area contributed by atoms with Crippen LogP contribution in [0.4, 0.5) is 11.4 Å². The van der Waals surface area contributed by atoms with E-state index in [4.69, 9.17) is 11.6 Å². The first-order valence-electron chi connectivity index (χ1n) is 8.55. The van der Waals surface area contributed by atoms with Gasteiger partial charge in [-0.05, 0) is 43.9 Å². The predicted molar refractivity (Wildman–Crippen MR) is 94.9 cm³/mol. The van der Waals surface area contributed by atoms with Crippen molar-refractivity contribution in [3.8, 4) is 0 Å². The van der Waals surface area contributed by atoms with E-state index in [-0.39, 0.29) is 5.91 Å². The zero-order valence-corrected chi connectivity index (χ0v) is 14.3. The molecule has 1 saturated heterocycles. The first-order valence-corrected chi connectivity index (χ1v) is 8.93. The topological polar surface area (TPSA) is 32.3 Å². The van der Waals surface area contributed by atoms with Gasteiger partial charge in [-0.3, -0.25) is 4.79 Å². The van der Waals surface area contributed by atoms with E-state index in [2.05, 4.69) is 17.1 Å². The molecule has 1 amide bonds. The third kappa shape index (κ3) is 5.20. The Hall–Kier alpha value is -1.22. The Kier molecular flexibility index (Phi) is 7.04. The third-order valence-electron chi connectivity index (χ3n) is 4.19. The summed E-state index contributed by atoms with van der Waals surface area (Å²) in [6, 6.07) is 5.86. The van der Waals surface area contributed by atoms with E-state index in [0.717, 1.165) is 42.3 Å². The van der Waals surface area contributed by atoms with Gasteiger partial charge in [-0.2, -0.15) is 0 Å². The zero-order chi connectivity index (χ0) is 15.8. The minimum Gasteiger partial charge on any atom is -0.370 e. The van der Waals surface area contributed by atoms with Crippen molar-refractivity contribution in [2.24, 2.45) is 0 Å². The lowest BCUT2D eigenvalue weighted by Gasteiger charge is -2.29. The van der Waals surface area contributed by atoms with Gasteiger partial charge in [-0.1, -0.05) is 37.8 Å². The monoisotopic (exact) mass is 322 g/mol. The van der Waals surface area contributed by atoms with E-state index in [9.17, 15) is 4.79 Å². The summed E-state index contributed by atoms with van der Waals surface area (Å²) in [6.45, 7) is 4.32. The van der Waals surface area contributed by atoms with E-state index >= 15 is 0 Å². The standard InChI is InChI=1S/C18H27ClN2O/c1-2-3-4-6-9-18(22)20-15-10-11-17(16(19)14-15)21-12-7-5-8-13-21/h10-11,14H,2-9,12-13H2,1H3,(H,20,22). The van der Waals surface area contributed by atoms with Crippen LogP contribution in [0.1, 0.15) is 58.3 Å². The Morgan fingerprint density at radius 2 is 1.95 bits per heavy atom. The highest BCUT2D eigenvalue weighted by molar-refractivity contribution is 6.33. The zero-order valence-electron chi connectivity index (χ0n) is 13.5. The molecular weight excluding hydrogens is 296 g/mol.